The Morgan fingerprint density at radius 1 is 0.957 bits per heavy atom. The van der Waals surface area contributed by atoms with Gasteiger partial charge in [0, 0.05) is 12.0 Å². The maximum atomic E-state index is 12.8. The zero-order valence-electron chi connectivity index (χ0n) is 12.9. The molecule has 0 radical (unpaired) electrons. The molecule has 0 aliphatic rings. The summed E-state index contributed by atoms with van der Waals surface area (Å²) in [6.07, 6.45) is 1.82. The molecule has 0 spiro atoms. The summed E-state index contributed by atoms with van der Waals surface area (Å²) in [4.78, 5) is 23.4. The van der Waals surface area contributed by atoms with Crippen LogP contribution in [-0.2, 0) is 11.2 Å². The van der Waals surface area contributed by atoms with Crippen LogP contribution in [0.5, 0.6) is 0 Å². The fourth-order valence-corrected chi connectivity index (χ4v) is 2.07. The number of hydrogen-bond donors (Lipinski definition) is 2. The summed E-state index contributed by atoms with van der Waals surface area (Å²) in [6, 6.07) is 13.3. The fourth-order valence-electron chi connectivity index (χ4n) is 2.07. The Labute approximate surface area is 134 Å². The fraction of sp³-hybridized carbons (Fsp3) is 0.222. The molecule has 2 rings (SSSR count). The number of hydrazine groups is 1. The largest absolute Gasteiger partial charge is 0.273 e. The molecule has 2 aromatic carbocycles. The summed E-state index contributed by atoms with van der Waals surface area (Å²) in [5, 5.41) is 0. The number of amides is 2. The van der Waals surface area contributed by atoms with Gasteiger partial charge in [0.05, 0.1) is 0 Å². The van der Waals surface area contributed by atoms with Crippen molar-refractivity contribution in [3.63, 3.8) is 0 Å². The number of nitrogens with one attached hydrogen (secondary N) is 2. The van der Waals surface area contributed by atoms with Crippen molar-refractivity contribution in [1.82, 2.24) is 10.9 Å². The lowest BCUT2D eigenvalue weighted by Crippen LogP contribution is -2.41. The van der Waals surface area contributed by atoms with E-state index in [9.17, 15) is 14.0 Å². The number of carbonyl (C=O) groups is 2. The van der Waals surface area contributed by atoms with E-state index < -0.39 is 11.7 Å². The van der Waals surface area contributed by atoms with E-state index in [1.54, 1.807) is 0 Å². The summed E-state index contributed by atoms with van der Waals surface area (Å²) in [5.41, 5.74) is 7.34. The minimum absolute atomic E-state index is 0.257. The third-order valence-corrected chi connectivity index (χ3v) is 3.41. The standard InChI is InChI=1S/C18H19FN2O2/c1-13-5-7-14(8-6-13)3-2-4-17(22)20-21-18(23)15-9-11-16(19)12-10-15/h5-12H,2-4H2,1H3,(H,20,22)(H,21,23). The van der Waals surface area contributed by atoms with Gasteiger partial charge in [-0.1, -0.05) is 29.8 Å². The minimum Gasteiger partial charge on any atom is -0.273 e. The highest BCUT2D eigenvalue weighted by atomic mass is 19.1. The monoisotopic (exact) mass is 314 g/mol. The summed E-state index contributed by atoms with van der Waals surface area (Å²) in [5.74, 6) is -1.15. The smallest absolute Gasteiger partial charge is 0.269 e. The van der Waals surface area contributed by atoms with Crippen molar-refractivity contribution in [3.8, 4) is 0 Å². The van der Waals surface area contributed by atoms with Crippen LogP contribution < -0.4 is 10.9 Å². The van der Waals surface area contributed by atoms with E-state index in [-0.39, 0.29) is 11.5 Å². The first kappa shape index (κ1) is 16.7. The highest BCUT2D eigenvalue weighted by Gasteiger charge is 2.07. The quantitative estimate of drug-likeness (QED) is 0.834. The maximum absolute atomic E-state index is 12.8. The van der Waals surface area contributed by atoms with E-state index in [0.29, 0.717) is 12.8 Å². The normalized spacial score (nSPS) is 10.2. The lowest BCUT2D eigenvalue weighted by molar-refractivity contribution is -0.121. The van der Waals surface area contributed by atoms with Crippen LogP contribution >= 0.6 is 0 Å². The number of carbonyl (C=O) groups excluding carboxylic acids is 2. The zero-order chi connectivity index (χ0) is 16.7. The van der Waals surface area contributed by atoms with Crippen molar-refractivity contribution < 1.29 is 14.0 Å². The van der Waals surface area contributed by atoms with Gasteiger partial charge in [0.15, 0.2) is 0 Å². The molecule has 23 heavy (non-hydrogen) atoms. The third-order valence-electron chi connectivity index (χ3n) is 3.41. The van der Waals surface area contributed by atoms with E-state index in [1.807, 2.05) is 31.2 Å². The first-order chi connectivity index (χ1) is 11.0. The van der Waals surface area contributed by atoms with Crippen LogP contribution in [0.25, 0.3) is 0 Å². The number of rotatable bonds is 5. The molecule has 0 saturated carbocycles. The Balaban J connectivity index is 1.69. The maximum Gasteiger partial charge on any atom is 0.269 e. The summed E-state index contributed by atoms with van der Waals surface area (Å²) in [7, 11) is 0. The van der Waals surface area contributed by atoms with Crippen molar-refractivity contribution >= 4 is 11.8 Å². The van der Waals surface area contributed by atoms with E-state index >= 15 is 0 Å². The van der Waals surface area contributed by atoms with Crippen molar-refractivity contribution in [2.75, 3.05) is 0 Å². The molecule has 0 aliphatic carbocycles. The lowest BCUT2D eigenvalue weighted by atomic mass is 10.1. The van der Waals surface area contributed by atoms with Crippen LogP contribution in [0.4, 0.5) is 4.39 Å². The predicted octanol–water partition coefficient (Wildman–Crippen LogP) is 2.92. The molecular weight excluding hydrogens is 295 g/mol. The van der Waals surface area contributed by atoms with E-state index in [2.05, 4.69) is 10.9 Å². The SMILES string of the molecule is Cc1ccc(CCCC(=O)NNC(=O)c2ccc(F)cc2)cc1. The molecular formula is C18H19FN2O2. The number of aryl methyl sites for hydroxylation is 2. The highest BCUT2D eigenvalue weighted by molar-refractivity contribution is 5.95. The Bertz CT molecular complexity index is 666. The lowest BCUT2D eigenvalue weighted by Gasteiger charge is -2.07. The van der Waals surface area contributed by atoms with E-state index in [1.165, 1.54) is 35.4 Å². The molecule has 2 amide bonds. The molecule has 5 heteroatoms. The van der Waals surface area contributed by atoms with Gasteiger partial charge in [-0.2, -0.15) is 0 Å². The van der Waals surface area contributed by atoms with Gasteiger partial charge < -0.3 is 0 Å². The van der Waals surface area contributed by atoms with Gasteiger partial charge in [-0.15, -0.1) is 0 Å². The topological polar surface area (TPSA) is 58.2 Å². The van der Waals surface area contributed by atoms with Crippen molar-refractivity contribution in [3.05, 3.63) is 71.0 Å². The van der Waals surface area contributed by atoms with Crippen LogP contribution in [0.15, 0.2) is 48.5 Å². The van der Waals surface area contributed by atoms with Gasteiger partial charge in [-0.25, -0.2) is 4.39 Å². The van der Waals surface area contributed by atoms with Gasteiger partial charge in [0.25, 0.3) is 5.91 Å². The van der Waals surface area contributed by atoms with Gasteiger partial charge in [-0.3, -0.25) is 20.4 Å². The molecule has 0 unspecified atom stereocenters. The van der Waals surface area contributed by atoms with Crippen LogP contribution in [0, 0.1) is 12.7 Å². The van der Waals surface area contributed by atoms with Gasteiger partial charge in [0.2, 0.25) is 5.91 Å². The van der Waals surface area contributed by atoms with Crippen molar-refractivity contribution in [2.24, 2.45) is 0 Å². The first-order valence-corrected chi connectivity index (χ1v) is 7.45. The molecule has 0 atom stereocenters. The van der Waals surface area contributed by atoms with Crippen LogP contribution in [0.3, 0.4) is 0 Å². The van der Waals surface area contributed by atoms with Crippen LogP contribution in [-0.4, -0.2) is 11.8 Å². The summed E-state index contributed by atoms with van der Waals surface area (Å²) >= 11 is 0. The van der Waals surface area contributed by atoms with E-state index in [4.69, 9.17) is 0 Å². The predicted molar refractivity (Wildman–Crippen MR) is 86.1 cm³/mol. The number of hydrogen-bond acceptors (Lipinski definition) is 2. The number of halogens is 1. The summed E-state index contributed by atoms with van der Waals surface area (Å²) in [6.45, 7) is 2.03. The molecule has 2 N–H and O–H groups in total. The first-order valence-electron chi connectivity index (χ1n) is 7.45. The third kappa shape index (κ3) is 5.54. The molecule has 0 bridgehead atoms. The molecule has 0 fully saturated rings. The molecule has 0 heterocycles. The minimum atomic E-state index is -0.475. The Hall–Kier alpha value is -2.69. The van der Waals surface area contributed by atoms with E-state index in [0.717, 1.165) is 6.42 Å². The zero-order valence-corrected chi connectivity index (χ0v) is 12.9. The van der Waals surface area contributed by atoms with Crippen molar-refractivity contribution in [2.45, 2.75) is 26.2 Å². The molecule has 0 aromatic heterocycles. The Morgan fingerprint density at radius 2 is 1.61 bits per heavy atom. The van der Waals surface area contributed by atoms with Gasteiger partial charge >= 0.3 is 0 Å². The molecule has 2 aromatic rings. The second kappa shape index (κ2) is 8.08. The van der Waals surface area contributed by atoms with Crippen LogP contribution in [0.2, 0.25) is 0 Å². The second-order valence-corrected chi connectivity index (χ2v) is 5.35. The molecule has 0 saturated heterocycles. The Kier molecular flexibility index (Phi) is 5.86. The molecule has 0 aliphatic heterocycles. The summed E-state index contributed by atoms with van der Waals surface area (Å²) < 4.78 is 12.8. The average Bonchev–Trinajstić information content (AvgIpc) is 2.55. The second-order valence-electron chi connectivity index (χ2n) is 5.35. The van der Waals surface area contributed by atoms with Crippen molar-refractivity contribution in [1.29, 1.82) is 0 Å². The van der Waals surface area contributed by atoms with Crippen LogP contribution in [0.1, 0.15) is 34.3 Å². The van der Waals surface area contributed by atoms with Gasteiger partial charge in [-0.05, 0) is 49.6 Å². The highest BCUT2D eigenvalue weighted by Crippen LogP contribution is 2.07. The van der Waals surface area contributed by atoms with Gasteiger partial charge in [0.1, 0.15) is 5.82 Å². The molecule has 120 valence electrons. The Morgan fingerprint density at radius 3 is 2.26 bits per heavy atom. The molecule has 4 nitrogen and oxygen atoms in total. The number of benzene rings is 2. The average molecular weight is 314 g/mol.